The average molecular weight is 461 g/mol. The molecule has 4 rings (SSSR count). The van der Waals surface area contributed by atoms with Crippen LogP contribution < -0.4 is 16.0 Å². The van der Waals surface area contributed by atoms with Crippen LogP contribution in [-0.2, 0) is 4.79 Å². The predicted molar refractivity (Wildman–Crippen MR) is 135 cm³/mol. The van der Waals surface area contributed by atoms with E-state index in [2.05, 4.69) is 30.8 Å². The van der Waals surface area contributed by atoms with Crippen LogP contribution in [0.15, 0.2) is 66.9 Å². The van der Waals surface area contributed by atoms with Gasteiger partial charge in [-0.25, -0.2) is 4.98 Å². The van der Waals surface area contributed by atoms with Gasteiger partial charge in [0, 0.05) is 37.1 Å². The third-order valence-corrected chi connectivity index (χ3v) is 5.85. The Kier molecular flexibility index (Phi) is 8.43. The quantitative estimate of drug-likeness (QED) is 0.360. The Balaban J connectivity index is 1.24. The summed E-state index contributed by atoms with van der Waals surface area (Å²) < 4.78 is 0. The van der Waals surface area contributed by atoms with E-state index in [1.165, 1.54) is 19.3 Å². The number of aromatic nitrogens is 2. The molecular weight excluding hydrogens is 428 g/mol. The van der Waals surface area contributed by atoms with Gasteiger partial charge in [-0.05, 0) is 61.8 Å². The third kappa shape index (κ3) is 7.26. The summed E-state index contributed by atoms with van der Waals surface area (Å²) in [6, 6.07) is 18.7. The second-order valence-electron chi connectivity index (χ2n) is 8.48. The average Bonchev–Trinajstić information content (AvgIpc) is 2.88. The molecule has 1 saturated heterocycles. The molecular formula is C26H32N6O2. The maximum absolute atomic E-state index is 12.3. The van der Waals surface area contributed by atoms with Crippen molar-refractivity contribution in [3.63, 3.8) is 0 Å². The fourth-order valence-electron chi connectivity index (χ4n) is 3.94. The van der Waals surface area contributed by atoms with Gasteiger partial charge < -0.3 is 26.0 Å². The molecule has 0 bridgehead atoms. The van der Waals surface area contributed by atoms with E-state index < -0.39 is 6.10 Å². The Labute approximate surface area is 200 Å². The highest BCUT2D eigenvalue weighted by atomic mass is 16.3. The van der Waals surface area contributed by atoms with Crippen LogP contribution in [0.4, 0.5) is 23.1 Å². The number of rotatable bonds is 10. The van der Waals surface area contributed by atoms with E-state index in [1.54, 1.807) is 12.3 Å². The van der Waals surface area contributed by atoms with Gasteiger partial charge in [0.05, 0.1) is 6.10 Å². The van der Waals surface area contributed by atoms with Crippen LogP contribution in [0.1, 0.15) is 37.4 Å². The van der Waals surface area contributed by atoms with Crippen molar-refractivity contribution in [2.45, 2.75) is 31.8 Å². The number of aliphatic hydroxyl groups is 1. The Morgan fingerprint density at radius 3 is 2.47 bits per heavy atom. The summed E-state index contributed by atoms with van der Waals surface area (Å²) in [5, 5.41) is 19.6. The lowest BCUT2D eigenvalue weighted by atomic mass is 10.1. The number of carbonyl (C=O) groups is 1. The maximum atomic E-state index is 12.3. The minimum absolute atomic E-state index is 0.0334. The zero-order valence-electron chi connectivity index (χ0n) is 19.3. The molecule has 0 radical (unpaired) electrons. The number of piperidine rings is 1. The smallest absolute Gasteiger partial charge is 0.229 e. The zero-order valence-corrected chi connectivity index (χ0v) is 19.3. The molecule has 178 valence electrons. The van der Waals surface area contributed by atoms with Crippen molar-refractivity contribution in [1.82, 2.24) is 14.9 Å². The summed E-state index contributed by atoms with van der Waals surface area (Å²) in [6.07, 6.45) is 5.29. The van der Waals surface area contributed by atoms with Crippen LogP contribution in [0.3, 0.4) is 0 Å². The molecule has 3 aromatic rings. The van der Waals surface area contributed by atoms with Gasteiger partial charge >= 0.3 is 0 Å². The molecule has 1 aromatic heterocycles. The molecule has 0 spiro atoms. The van der Waals surface area contributed by atoms with Crippen LogP contribution in [0.5, 0.6) is 0 Å². The van der Waals surface area contributed by atoms with Gasteiger partial charge in [-0.3, -0.25) is 4.79 Å². The normalized spacial score (nSPS) is 14.9. The summed E-state index contributed by atoms with van der Waals surface area (Å²) >= 11 is 0. The van der Waals surface area contributed by atoms with Crippen LogP contribution in [0, 0.1) is 0 Å². The highest BCUT2D eigenvalue weighted by Crippen LogP contribution is 2.19. The minimum Gasteiger partial charge on any atom is -0.387 e. The van der Waals surface area contributed by atoms with Gasteiger partial charge in [0.15, 0.2) is 0 Å². The van der Waals surface area contributed by atoms with Gasteiger partial charge in [-0.1, -0.05) is 36.8 Å². The van der Waals surface area contributed by atoms with Gasteiger partial charge in [-0.2, -0.15) is 4.98 Å². The van der Waals surface area contributed by atoms with Crippen molar-refractivity contribution in [2.75, 3.05) is 42.1 Å². The molecule has 1 amide bonds. The van der Waals surface area contributed by atoms with Crippen molar-refractivity contribution in [1.29, 1.82) is 0 Å². The first-order valence-electron chi connectivity index (χ1n) is 11.8. The van der Waals surface area contributed by atoms with E-state index in [1.807, 2.05) is 54.6 Å². The van der Waals surface area contributed by atoms with Crippen LogP contribution in [0.2, 0.25) is 0 Å². The Morgan fingerprint density at radius 1 is 0.971 bits per heavy atom. The predicted octanol–water partition coefficient (Wildman–Crippen LogP) is 4.18. The summed E-state index contributed by atoms with van der Waals surface area (Å²) in [6.45, 7) is 3.35. The molecule has 8 heteroatoms. The molecule has 2 heterocycles. The number of aliphatic hydroxyl groups excluding tert-OH is 1. The molecule has 1 aliphatic heterocycles. The number of nitrogens with one attached hydrogen (secondary N) is 3. The molecule has 0 aliphatic carbocycles. The summed E-state index contributed by atoms with van der Waals surface area (Å²) in [5.74, 6) is 1.09. The minimum atomic E-state index is -0.629. The zero-order chi connectivity index (χ0) is 23.6. The SMILES string of the molecule is O=C(CCN1CCCCC1)Nc1ccc(Nc2nccc(NCC(O)c3ccccc3)n2)cc1. The van der Waals surface area contributed by atoms with Crippen LogP contribution in [0.25, 0.3) is 0 Å². The standard InChI is InChI=1S/C26H32N6O2/c33-23(20-7-3-1-4-8-20)19-28-24-13-15-27-26(31-24)30-22-11-9-21(10-12-22)29-25(34)14-18-32-16-5-2-6-17-32/h1,3-4,7-13,15,23,33H,2,5-6,14,16-19H2,(H,29,34)(H2,27,28,30,31). The lowest BCUT2D eigenvalue weighted by Gasteiger charge is -2.25. The molecule has 1 aliphatic rings. The van der Waals surface area contributed by atoms with E-state index in [0.717, 1.165) is 36.6 Å². The first-order valence-corrected chi connectivity index (χ1v) is 11.8. The molecule has 34 heavy (non-hydrogen) atoms. The topological polar surface area (TPSA) is 102 Å². The summed E-state index contributed by atoms with van der Waals surface area (Å²) in [7, 11) is 0. The van der Waals surface area contributed by atoms with Crippen LogP contribution >= 0.6 is 0 Å². The van der Waals surface area contributed by atoms with Gasteiger partial charge in [-0.15, -0.1) is 0 Å². The summed E-state index contributed by atoms with van der Waals surface area (Å²) in [4.78, 5) is 23.3. The lowest BCUT2D eigenvalue weighted by Crippen LogP contribution is -2.32. The number of benzene rings is 2. The number of amides is 1. The monoisotopic (exact) mass is 460 g/mol. The van der Waals surface area contributed by atoms with Crippen LogP contribution in [-0.4, -0.2) is 52.1 Å². The fraction of sp³-hybridized carbons (Fsp3) is 0.346. The van der Waals surface area contributed by atoms with E-state index in [4.69, 9.17) is 0 Å². The second-order valence-corrected chi connectivity index (χ2v) is 8.48. The Hall–Kier alpha value is -3.49. The van der Waals surface area contributed by atoms with E-state index in [-0.39, 0.29) is 5.91 Å². The second kappa shape index (κ2) is 12.1. The fourth-order valence-corrected chi connectivity index (χ4v) is 3.94. The molecule has 8 nitrogen and oxygen atoms in total. The van der Waals surface area contributed by atoms with Crippen molar-refractivity contribution in [3.8, 4) is 0 Å². The maximum Gasteiger partial charge on any atom is 0.229 e. The third-order valence-electron chi connectivity index (χ3n) is 5.85. The molecule has 0 saturated carbocycles. The van der Waals surface area contributed by atoms with Gasteiger partial charge in [0.25, 0.3) is 0 Å². The van der Waals surface area contributed by atoms with E-state index in [0.29, 0.717) is 24.7 Å². The summed E-state index contributed by atoms with van der Waals surface area (Å²) in [5.41, 5.74) is 2.43. The van der Waals surface area contributed by atoms with E-state index in [9.17, 15) is 9.90 Å². The van der Waals surface area contributed by atoms with Crippen molar-refractivity contribution < 1.29 is 9.90 Å². The number of likely N-dealkylation sites (tertiary alicyclic amines) is 1. The number of hydrogen-bond acceptors (Lipinski definition) is 7. The Bertz CT molecular complexity index is 1040. The molecule has 1 atom stereocenters. The molecule has 2 aromatic carbocycles. The van der Waals surface area contributed by atoms with E-state index >= 15 is 0 Å². The first-order chi connectivity index (χ1) is 16.7. The lowest BCUT2D eigenvalue weighted by molar-refractivity contribution is -0.116. The number of anilines is 4. The highest BCUT2D eigenvalue weighted by molar-refractivity contribution is 5.91. The Morgan fingerprint density at radius 2 is 1.71 bits per heavy atom. The number of nitrogens with zero attached hydrogens (tertiary/aromatic N) is 3. The largest absolute Gasteiger partial charge is 0.387 e. The number of carbonyl (C=O) groups excluding carboxylic acids is 1. The van der Waals surface area contributed by atoms with Gasteiger partial charge in [0.1, 0.15) is 5.82 Å². The molecule has 1 fully saturated rings. The van der Waals surface area contributed by atoms with Gasteiger partial charge in [0.2, 0.25) is 11.9 Å². The highest BCUT2D eigenvalue weighted by Gasteiger charge is 2.12. The number of hydrogen-bond donors (Lipinski definition) is 4. The van der Waals surface area contributed by atoms with Crippen molar-refractivity contribution >= 4 is 29.0 Å². The molecule has 1 unspecified atom stereocenters. The van der Waals surface area contributed by atoms with Crippen molar-refractivity contribution in [3.05, 3.63) is 72.4 Å². The van der Waals surface area contributed by atoms with Crippen molar-refractivity contribution in [2.24, 2.45) is 0 Å². The first kappa shape index (κ1) is 23.7. The molecule has 4 N–H and O–H groups in total.